The smallest absolute Gasteiger partial charge is 0.191 e. The van der Waals surface area contributed by atoms with Crippen LogP contribution in [0.15, 0.2) is 33.7 Å². The van der Waals surface area contributed by atoms with Gasteiger partial charge in [0.15, 0.2) is 5.96 Å². The maximum Gasteiger partial charge on any atom is 0.191 e. The van der Waals surface area contributed by atoms with Gasteiger partial charge in [0.05, 0.1) is 6.54 Å². The maximum atomic E-state index is 5.66. The van der Waals surface area contributed by atoms with Gasteiger partial charge in [-0.05, 0) is 31.5 Å². The van der Waals surface area contributed by atoms with Crippen molar-refractivity contribution < 1.29 is 9.47 Å². The van der Waals surface area contributed by atoms with Crippen molar-refractivity contribution in [2.24, 2.45) is 4.99 Å². The summed E-state index contributed by atoms with van der Waals surface area (Å²) in [7, 11) is 1.70. The summed E-state index contributed by atoms with van der Waals surface area (Å²) in [6.45, 7) is 5.64. The van der Waals surface area contributed by atoms with E-state index in [0.717, 1.165) is 42.3 Å². The van der Waals surface area contributed by atoms with Crippen LogP contribution in [0.2, 0.25) is 0 Å². The summed E-state index contributed by atoms with van der Waals surface area (Å²) in [5.41, 5.74) is 0. The average molecular weight is 358 g/mol. The van der Waals surface area contributed by atoms with E-state index in [9.17, 15) is 0 Å². The van der Waals surface area contributed by atoms with Crippen LogP contribution in [0.25, 0.3) is 0 Å². The van der Waals surface area contributed by atoms with Gasteiger partial charge >= 0.3 is 0 Å². The lowest BCUT2D eigenvalue weighted by Crippen LogP contribution is -2.39. The van der Waals surface area contributed by atoms with Crippen molar-refractivity contribution in [1.29, 1.82) is 0 Å². The Hall–Kier alpha value is -1.27. The largest absolute Gasteiger partial charge is 0.492 e. The molecule has 0 fully saturated rings. The SMILES string of the molecule is CCNC(=NCCCOC)NCCOc1cccc(Br)c1. The highest BCUT2D eigenvalue weighted by atomic mass is 79.9. The third kappa shape index (κ3) is 8.57. The summed E-state index contributed by atoms with van der Waals surface area (Å²) in [5.74, 6) is 1.67. The molecular weight excluding hydrogens is 334 g/mol. The molecule has 0 unspecified atom stereocenters. The molecule has 0 bridgehead atoms. The normalized spacial score (nSPS) is 11.3. The van der Waals surface area contributed by atoms with Crippen LogP contribution in [-0.2, 0) is 4.74 Å². The van der Waals surface area contributed by atoms with E-state index in [-0.39, 0.29) is 0 Å². The zero-order chi connectivity index (χ0) is 15.3. The Labute approximate surface area is 135 Å². The van der Waals surface area contributed by atoms with E-state index in [1.165, 1.54) is 0 Å². The fourth-order valence-corrected chi connectivity index (χ4v) is 2.01. The first kappa shape index (κ1) is 17.8. The number of hydrogen-bond acceptors (Lipinski definition) is 3. The van der Waals surface area contributed by atoms with Crippen molar-refractivity contribution in [3.63, 3.8) is 0 Å². The van der Waals surface area contributed by atoms with Crippen LogP contribution in [0, 0.1) is 0 Å². The molecule has 0 aromatic heterocycles. The van der Waals surface area contributed by atoms with Gasteiger partial charge in [-0.15, -0.1) is 0 Å². The molecule has 0 heterocycles. The summed E-state index contributed by atoms with van der Waals surface area (Å²) >= 11 is 3.42. The molecule has 2 N–H and O–H groups in total. The van der Waals surface area contributed by atoms with Gasteiger partial charge in [-0.2, -0.15) is 0 Å². The van der Waals surface area contributed by atoms with Crippen molar-refractivity contribution >= 4 is 21.9 Å². The lowest BCUT2D eigenvalue weighted by atomic mass is 10.3. The topological polar surface area (TPSA) is 54.9 Å². The van der Waals surface area contributed by atoms with Crippen molar-refractivity contribution in [3.05, 3.63) is 28.7 Å². The van der Waals surface area contributed by atoms with Crippen LogP contribution < -0.4 is 15.4 Å². The van der Waals surface area contributed by atoms with Crippen LogP contribution in [-0.4, -0.2) is 45.9 Å². The molecule has 0 atom stereocenters. The Bertz CT molecular complexity index is 427. The van der Waals surface area contributed by atoms with E-state index in [2.05, 4.69) is 31.6 Å². The van der Waals surface area contributed by atoms with Crippen molar-refractivity contribution in [2.75, 3.05) is 40.0 Å². The second-order valence-electron chi connectivity index (χ2n) is 4.34. The number of nitrogens with zero attached hydrogens (tertiary/aromatic N) is 1. The first-order chi connectivity index (χ1) is 10.3. The van der Waals surface area contributed by atoms with Gasteiger partial charge in [-0.3, -0.25) is 4.99 Å². The quantitative estimate of drug-likeness (QED) is 0.404. The van der Waals surface area contributed by atoms with Crippen molar-refractivity contribution in [2.45, 2.75) is 13.3 Å². The molecule has 5 nitrogen and oxygen atoms in total. The summed E-state index contributed by atoms with van der Waals surface area (Å²) in [6.07, 6.45) is 0.918. The molecule has 0 saturated heterocycles. The predicted molar refractivity (Wildman–Crippen MR) is 90.1 cm³/mol. The van der Waals surface area contributed by atoms with E-state index in [4.69, 9.17) is 9.47 Å². The molecule has 0 aliphatic rings. The number of hydrogen-bond donors (Lipinski definition) is 2. The van der Waals surface area contributed by atoms with Crippen LogP contribution in [0.4, 0.5) is 0 Å². The van der Waals surface area contributed by atoms with Crippen LogP contribution in [0.5, 0.6) is 5.75 Å². The monoisotopic (exact) mass is 357 g/mol. The van der Waals surface area contributed by atoms with Gasteiger partial charge in [0.2, 0.25) is 0 Å². The zero-order valence-corrected chi connectivity index (χ0v) is 14.3. The average Bonchev–Trinajstić information content (AvgIpc) is 2.48. The predicted octanol–water partition coefficient (Wildman–Crippen LogP) is 2.42. The van der Waals surface area contributed by atoms with E-state index in [0.29, 0.717) is 13.2 Å². The molecule has 0 radical (unpaired) electrons. The number of nitrogens with one attached hydrogen (secondary N) is 2. The molecule has 0 spiro atoms. The molecular formula is C15H24BrN3O2. The molecule has 0 aliphatic heterocycles. The molecule has 0 aliphatic carbocycles. The lowest BCUT2D eigenvalue weighted by Gasteiger charge is -2.12. The molecule has 21 heavy (non-hydrogen) atoms. The fourth-order valence-electron chi connectivity index (χ4n) is 1.64. The van der Waals surface area contributed by atoms with Gasteiger partial charge in [-0.1, -0.05) is 22.0 Å². The minimum absolute atomic E-state index is 0.582. The number of ether oxygens (including phenoxy) is 2. The Morgan fingerprint density at radius 1 is 1.29 bits per heavy atom. The first-order valence-electron chi connectivity index (χ1n) is 7.15. The van der Waals surface area contributed by atoms with E-state index in [1.54, 1.807) is 7.11 Å². The fraction of sp³-hybridized carbons (Fsp3) is 0.533. The molecule has 1 aromatic carbocycles. The van der Waals surface area contributed by atoms with Crippen molar-refractivity contribution in [1.82, 2.24) is 10.6 Å². The van der Waals surface area contributed by atoms with Gasteiger partial charge < -0.3 is 20.1 Å². The van der Waals surface area contributed by atoms with Gasteiger partial charge in [0, 0.05) is 31.3 Å². The minimum atomic E-state index is 0.582. The molecule has 1 rings (SSSR count). The van der Waals surface area contributed by atoms with E-state index >= 15 is 0 Å². The van der Waals surface area contributed by atoms with E-state index in [1.807, 2.05) is 31.2 Å². The highest BCUT2D eigenvalue weighted by molar-refractivity contribution is 9.10. The summed E-state index contributed by atoms with van der Waals surface area (Å²) < 4.78 is 11.7. The van der Waals surface area contributed by atoms with Crippen LogP contribution in [0.3, 0.4) is 0 Å². The van der Waals surface area contributed by atoms with Gasteiger partial charge in [0.1, 0.15) is 12.4 Å². The summed E-state index contributed by atoms with van der Waals surface area (Å²) in [6, 6.07) is 7.81. The lowest BCUT2D eigenvalue weighted by molar-refractivity contribution is 0.197. The molecule has 118 valence electrons. The van der Waals surface area contributed by atoms with Crippen LogP contribution >= 0.6 is 15.9 Å². The number of benzene rings is 1. The standard InChI is InChI=1S/C15H24BrN3O2/c1-3-17-15(18-8-5-10-20-2)19-9-11-21-14-7-4-6-13(16)12-14/h4,6-7,12H,3,5,8-11H2,1-2H3,(H2,17,18,19). The first-order valence-corrected chi connectivity index (χ1v) is 7.95. The van der Waals surface area contributed by atoms with Gasteiger partial charge in [-0.25, -0.2) is 0 Å². The van der Waals surface area contributed by atoms with E-state index < -0.39 is 0 Å². The number of methoxy groups -OCH3 is 1. The Morgan fingerprint density at radius 2 is 2.14 bits per heavy atom. The van der Waals surface area contributed by atoms with Crippen molar-refractivity contribution in [3.8, 4) is 5.75 Å². The Morgan fingerprint density at radius 3 is 2.86 bits per heavy atom. The highest BCUT2D eigenvalue weighted by Crippen LogP contribution is 2.17. The number of halogens is 1. The number of aliphatic imine (C=N–C) groups is 1. The highest BCUT2D eigenvalue weighted by Gasteiger charge is 1.98. The Balaban J connectivity index is 2.26. The third-order valence-electron chi connectivity index (χ3n) is 2.58. The molecule has 1 aromatic rings. The summed E-state index contributed by atoms with van der Waals surface area (Å²) in [5, 5.41) is 6.45. The van der Waals surface area contributed by atoms with Gasteiger partial charge in [0.25, 0.3) is 0 Å². The second-order valence-corrected chi connectivity index (χ2v) is 5.26. The molecule has 0 saturated carbocycles. The number of rotatable bonds is 9. The summed E-state index contributed by atoms with van der Waals surface area (Å²) in [4.78, 5) is 4.46. The molecule has 6 heteroatoms. The minimum Gasteiger partial charge on any atom is -0.492 e. The number of guanidine groups is 1. The maximum absolute atomic E-state index is 5.66. The molecule has 0 amide bonds. The Kier molecular flexibility index (Phi) is 9.65. The van der Waals surface area contributed by atoms with Crippen LogP contribution in [0.1, 0.15) is 13.3 Å². The third-order valence-corrected chi connectivity index (χ3v) is 3.07. The second kappa shape index (κ2) is 11.4. The zero-order valence-electron chi connectivity index (χ0n) is 12.7.